The van der Waals surface area contributed by atoms with E-state index in [0.717, 1.165) is 0 Å². The molecule has 2 nitrogen and oxygen atoms in total. The lowest BCUT2D eigenvalue weighted by molar-refractivity contribution is 0.269. The topological polar surface area (TPSA) is 38.0 Å². The highest BCUT2D eigenvalue weighted by molar-refractivity contribution is 7.80. The van der Waals surface area contributed by atoms with Crippen LogP contribution in [-0.4, -0.2) is 11.5 Å². The number of hydrogen-bond donors (Lipinski definition) is 2. The van der Waals surface area contributed by atoms with Gasteiger partial charge in [0.2, 0.25) is 0 Å². The van der Waals surface area contributed by atoms with Crippen LogP contribution in [0.4, 0.5) is 10.1 Å². The van der Waals surface area contributed by atoms with Crippen molar-refractivity contribution in [3.05, 3.63) is 29.6 Å². The van der Waals surface area contributed by atoms with Crippen molar-refractivity contribution in [3.63, 3.8) is 0 Å². The lowest BCUT2D eigenvalue weighted by atomic mass is 9.81. The fourth-order valence-electron chi connectivity index (χ4n) is 1.34. The molecule has 0 aliphatic carbocycles. The minimum atomic E-state index is -0.320. The maximum absolute atomic E-state index is 13.8. The Balaban J connectivity index is 2.78. The van der Waals surface area contributed by atoms with Crippen LogP contribution in [0.5, 0.6) is 0 Å². The largest absolute Gasteiger partial charge is 0.389 e. The van der Waals surface area contributed by atoms with Crippen LogP contribution in [0.2, 0.25) is 0 Å². The van der Waals surface area contributed by atoms with E-state index in [0.29, 0.717) is 23.7 Å². The summed E-state index contributed by atoms with van der Waals surface area (Å²) >= 11 is 4.81. The average Bonchev–Trinajstić information content (AvgIpc) is 2.26. The molecule has 0 aliphatic heterocycles. The Hall–Kier alpha value is -1.16. The van der Waals surface area contributed by atoms with Crippen LogP contribution in [0.3, 0.4) is 0 Å². The number of hydrogen-bond acceptors (Lipinski definition) is 2. The molecule has 1 aromatic carbocycles. The van der Waals surface area contributed by atoms with Crippen molar-refractivity contribution in [3.8, 4) is 0 Å². The summed E-state index contributed by atoms with van der Waals surface area (Å²) in [5.41, 5.74) is 6.61. The van der Waals surface area contributed by atoms with Crippen molar-refractivity contribution in [2.24, 2.45) is 17.1 Å². The number of halogens is 1. The van der Waals surface area contributed by atoms with Gasteiger partial charge in [-0.25, -0.2) is 4.39 Å². The monoisotopic (exact) mass is 268 g/mol. The molecule has 0 heterocycles. The van der Waals surface area contributed by atoms with Crippen molar-refractivity contribution in [2.75, 3.05) is 11.9 Å². The molecule has 0 spiro atoms. The van der Waals surface area contributed by atoms with E-state index in [2.05, 4.69) is 33.0 Å². The van der Waals surface area contributed by atoms with Crippen molar-refractivity contribution >= 4 is 22.9 Å². The second-order valence-corrected chi connectivity index (χ2v) is 6.00. The normalized spacial score (nSPS) is 11.7. The first-order valence-corrected chi connectivity index (χ1v) is 6.48. The lowest BCUT2D eigenvalue weighted by Gasteiger charge is -2.30. The van der Waals surface area contributed by atoms with Gasteiger partial charge < -0.3 is 11.1 Å². The molecule has 100 valence electrons. The van der Waals surface area contributed by atoms with E-state index in [1.54, 1.807) is 12.1 Å². The first-order chi connectivity index (χ1) is 8.24. The quantitative estimate of drug-likeness (QED) is 0.802. The third-order valence-corrected chi connectivity index (χ3v) is 3.79. The Morgan fingerprint density at radius 3 is 2.50 bits per heavy atom. The maximum Gasteiger partial charge on any atom is 0.146 e. The molecule has 0 atom stereocenters. The third-order valence-electron chi connectivity index (χ3n) is 3.55. The van der Waals surface area contributed by atoms with Crippen molar-refractivity contribution < 1.29 is 4.39 Å². The van der Waals surface area contributed by atoms with Crippen LogP contribution in [-0.2, 0) is 0 Å². The summed E-state index contributed by atoms with van der Waals surface area (Å²) in [6.07, 6.45) is 0. The summed E-state index contributed by atoms with van der Waals surface area (Å²) in [6.45, 7) is 9.36. The highest BCUT2D eigenvalue weighted by atomic mass is 32.1. The first kappa shape index (κ1) is 14.9. The summed E-state index contributed by atoms with van der Waals surface area (Å²) < 4.78 is 13.8. The van der Waals surface area contributed by atoms with Crippen LogP contribution in [0.25, 0.3) is 0 Å². The van der Waals surface area contributed by atoms with E-state index >= 15 is 0 Å². The Bertz CT molecular complexity index is 441. The minimum Gasteiger partial charge on any atom is -0.389 e. The average molecular weight is 268 g/mol. The Kier molecular flexibility index (Phi) is 4.68. The standard InChI is InChI=1S/C14H21FN2S/c1-9(2)14(3,4)8-17-12-6-5-10(13(16)18)7-11(12)15/h5-7,9,17H,8H2,1-4H3,(H2,16,18). The van der Waals surface area contributed by atoms with Gasteiger partial charge in [0, 0.05) is 12.1 Å². The fraction of sp³-hybridized carbons (Fsp3) is 0.500. The van der Waals surface area contributed by atoms with E-state index in [1.165, 1.54) is 6.07 Å². The van der Waals surface area contributed by atoms with Crippen LogP contribution in [0.15, 0.2) is 18.2 Å². The van der Waals surface area contributed by atoms with Crippen molar-refractivity contribution in [1.82, 2.24) is 0 Å². The van der Waals surface area contributed by atoms with Gasteiger partial charge in [-0.15, -0.1) is 0 Å². The molecule has 3 N–H and O–H groups in total. The van der Waals surface area contributed by atoms with Gasteiger partial charge in [-0.2, -0.15) is 0 Å². The molecule has 0 fully saturated rings. The van der Waals surface area contributed by atoms with Gasteiger partial charge >= 0.3 is 0 Å². The molecule has 0 aliphatic rings. The molecule has 0 saturated heterocycles. The lowest BCUT2D eigenvalue weighted by Crippen LogP contribution is -2.28. The minimum absolute atomic E-state index is 0.105. The van der Waals surface area contributed by atoms with Gasteiger partial charge in [-0.3, -0.25) is 0 Å². The Labute approximate surface area is 114 Å². The molecule has 0 aromatic heterocycles. The van der Waals surface area contributed by atoms with Gasteiger partial charge in [-0.05, 0) is 29.5 Å². The number of rotatable bonds is 5. The van der Waals surface area contributed by atoms with E-state index in [4.69, 9.17) is 18.0 Å². The van der Waals surface area contributed by atoms with E-state index in [9.17, 15) is 4.39 Å². The molecule has 0 amide bonds. The molecule has 1 rings (SSSR count). The zero-order valence-electron chi connectivity index (χ0n) is 11.4. The van der Waals surface area contributed by atoms with E-state index in [-0.39, 0.29) is 16.2 Å². The number of nitrogens with two attached hydrogens (primary N) is 1. The van der Waals surface area contributed by atoms with Crippen LogP contribution in [0, 0.1) is 17.2 Å². The number of nitrogens with one attached hydrogen (secondary N) is 1. The summed E-state index contributed by atoms with van der Waals surface area (Å²) in [7, 11) is 0. The van der Waals surface area contributed by atoms with Gasteiger partial charge in [0.1, 0.15) is 10.8 Å². The number of thiocarbonyl (C=S) groups is 1. The van der Waals surface area contributed by atoms with Crippen molar-refractivity contribution in [1.29, 1.82) is 0 Å². The van der Waals surface area contributed by atoms with Crippen LogP contribution in [0.1, 0.15) is 33.3 Å². The van der Waals surface area contributed by atoms with E-state index < -0.39 is 0 Å². The summed E-state index contributed by atoms with van der Waals surface area (Å²) in [4.78, 5) is 0.211. The summed E-state index contributed by atoms with van der Waals surface area (Å²) in [5, 5.41) is 3.14. The zero-order chi connectivity index (χ0) is 13.9. The van der Waals surface area contributed by atoms with Gasteiger partial charge in [0.15, 0.2) is 0 Å². The highest BCUT2D eigenvalue weighted by Gasteiger charge is 2.22. The highest BCUT2D eigenvalue weighted by Crippen LogP contribution is 2.27. The predicted molar refractivity (Wildman–Crippen MR) is 79.4 cm³/mol. The van der Waals surface area contributed by atoms with Crippen molar-refractivity contribution in [2.45, 2.75) is 27.7 Å². The molecule has 18 heavy (non-hydrogen) atoms. The second-order valence-electron chi connectivity index (χ2n) is 5.56. The SMILES string of the molecule is CC(C)C(C)(C)CNc1ccc(C(N)=S)cc1F. The fourth-order valence-corrected chi connectivity index (χ4v) is 1.47. The van der Waals surface area contributed by atoms with Crippen LogP contribution >= 0.6 is 12.2 Å². The molecule has 0 unspecified atom stereocenters. The van der Waals surface area contributed by atoms with E-state index in [1.807, 2.05) is 0 Å². The second kappa shape index (κ2) is 5.65. The molecule has 0 saturated carbocycles. The van der Waals surface area contributed by atoms with Gasteiger partial charge in [0.05, 0.1) is 5.69 Å². The maximum atomic E-state index is 13.8. The molecule has 0 radical (unpaired) electrons. The molecule has 0 bridgehead atoms. The molecular formula is C14H21FN2S. The smallest absolute Gasteiger partial charge is 0.146 e. The first-order valence-electron chi connectivity index (χ1n) is 6.07. The van der Waals surface area contributed by atoms with Crippen LogP contribution < -0.4 is 11.1 Å². The van der Waals surface area contributed by atoms with Gasteiger partial charge in [0.25, 0.3) is 0 Å². The predicted octanol–water partition coefficient (Wildman–Crippen LogP) is 3.55. The summed E-state index contributed by atoms with van der Waals surface area (Å²) in [5.74, 6) is 0.198. The third kappa shape index (κ3) is 3.67. The molecule has 1 aromatic rings. The number of benzene rings is 1. The molecular weight excluding hydrogens is 247 g/mol. The zero-order valence-corrected chi connectivity index (χ0v) is 12.2. The Morgan fingerprint density at radius 2 is 2.06 bits per heavy atom. The Morgan fingerprint density at radius 1 is 1.44 bits per heavy atom. The van der Waals surface area contributed by atoms with Gasteiger partial charge in [-0.1, -0.05) is 39.9 Å². The summed E-state index contributed by atoms with van der Waals surface area (Å²) in [6, 6.07) is 4.78. The molecule has 4 heteroatoms. The number of anilines is 1.